The summed E-state index contributed by atoms with van der Waals surface area (Å²) in [5.74, 6) is 0.366. The second kappa shape index (κ2) is 6.63. The van der Waals surface area contributed by atoms with Gasteiger partial charge in [0.05, 0.1) is 12.8 Å². The van der Waals surface area contributed by atoms with Gasteiger partial charge in [0.1, 0.15) is 5.75 Å². The molecule has 0 atom stereocenters. The van der Waals surface area contributed by atoms with Gasteiger partial charge in [-0.2, -0.15) is 0 Å². The monoisotopic (exact) mass is 348 g/mol. The molecule has 4 nitrogen and oxygen atoms in total. The van der Waals surface area contributed by atoms with Gasteiger partial charge < -0.3 is 15.8 Å². The Labute approximate surface area is 132 Å². The Balaban J connectivity index is 2.24. The first-order valence-electron chi connectivity index (χ1n) is 6.58. The van der Waals surface area contributed by atoms with Crippen LogP contribution in [0.15, 0.2) is 40.9 Å². The minimum atomic E-state index is -0.193. The van der Waals surface area contributed by atoms with Gasteiger partial charge in [-0.15, -0.1) is 0 Å². The summed E-state index contributed by atoms with van der Waals surface area (Å²) in [6.07, 6.45) is 0.833. The largest absolute Gasteiger partial charge is 0.495 e. The van der Waals surface area contributed by atoms with E-state index in [4.69, 9.17) is 10.5 Å². The van der Waals surface area contributed by atoms with Crippen LogP contribution in [0.1, 0.15) is 22.8 Å². The van der Waals surface area contributed by atoms with Gasteiger partial charge >= 0.3 is 0 Å². The number of halogens is 1. The molecule has 0 aliphatic rings. The second-order valence-electron chi connectivity index (χ2n) is 4.57. The van der Waals surface area contributed by atoms with Crippen molar-refractivity contribution in [2.24, 2.45) is 0 Å². The molecule has 0 heterocycles. The quantitative estimate of drug-likeness (QED) is 0.824. The number of methoxy groups -OCH3 is 1. The number of hydrogen-bond acceptors (Lipinski definition) is 3. The highest BCUT2D eigenvalue weighted by atomic mass is 79.9. The average Bonchev–Trinajstić information content (AvgIpc) is 2.48. The van der Waals surface area contributed by atoms with Crippen LogP contribution in [0.25, 0.3) is 0 Å². The molecule has 21 heavy (non-hydrogen) atoms. The number of nitrogens with two attached hydrogens (primary N) is 1. The lowest BCUT2D eigenvalue weighted by atomic mass is 10.1. The van der Waals surface area contributed by atoms with Crippen molar-refractivity contribution in [3.63, 3.8) is 0 Å². The van der Waals surface area contributed by atoms with Crippen molar-refractivity contribution < 1.29 is 9.53 Å². The van der Waals surface area contributed by atoms with E-state index >= 15 is 0 Å². The third-order valence-electron chi connectivity index (χ3n) is 3.19. The number of carbonyl (C=O) groups excluding carboxylic acids is 1. The predicted molar refractivity (Wildman–Crippen MR) is 88.9 cm³/mol. The van der Waals surface area contributed by atoms with Crippen molar-refractivity contribution in [1.29, 1.82) is 0 Å². The smallest absolute Gasteiger partial charge is 0.255 e. The van der Waals surface area contributed by atoms with Gasteiger partial charge in [-0.25, -0.2) is 0 Å². The summed E-state index contributed by atoms with van der Waals surface area (Å²) in [7, 11) is 1.54. The van der Waals surface area contributed by atoms with Crippen LogP contribution in [0.4, 0.5) is 11.4 Å². The Morgan fingerprint density at radius 1 is 1.29 bits per heavy atom. The molecule has 0 unspecified atom stereocenters. The second-order valence-corrected chi connectivity index (χ2v) is 5.48. The Kier molecular flexibility index (Phi) is 4.85. The molecule has 2 aromatic rings. The Morgan fingerprint density at radius 2 is 2.05 bits per heavy atom. The molecule has 0 saturated heterocycles. The number of benzene rings is 2. The molecule has 1 amide bonds. The molecule has 5 heteroatoms. The number of rotatable bonds is 4. The van der Waals surface area contributed by atoms with Crippen molar-refractivity contribution in [1.82, 2.24) is 0 Å². The molecular formula is C16H17BrN2O2. The van der Waals surface area contributed by atoms with Crippen molar-refractivity contribution in [2.45, 2.75) is 13.3 Å². The number of ether oxygens (including phenoxy) is 1. The number of nitrogens with one attached hydrogen (secondary N) is 1. The normalized spacial score (nSPS) is 10.2. The topological polar surface area (TPSA) is 64.3 Å². The first-order chi connectivity index (χ1) is 10.0. The summed E-state index contributed by atoms with van der Waals surface area (Å²) in [5, 5.41) is 2.91. The lowest BCUT2D eigenvalue weighted by Crippen LogP contribution is -2.13. The van der Waals surface area contributed by atoms with E-state index in [1.807, 2.05) is 25.1 Å². The van der Waals surface area contributed by atoms with Crippen LogP contribution >= 0.6 is 15.9 Å². The van der Waals surface area contributed by atoms with Crippen LogP contribution in [-0.2, 0) is 6.42 Å². The van der Waals surface area contributed by atoms with Gasteiger partial charge in [0, 0.05) is 15.7 Å². The molecule has 2 aromatic carbocycles. The van der Waals surface area contributed by atoms with Crippen LogP contribution in [0.3, 0.4) is 0 Å². The zero-order chi connectivity index (χ0) is 15.4. The lowest BCUT2D eigenvalue weighted by Gasteiger charge is -2.11. The lowest BCUT2D eigenvalue weighted by molar-refractivity contribution is 0.102. The molecule has 0 fully saturated rings. The third kappa shape index (κ3) is 3.55. The van der Waals surface area contributed by atoms with Gasteiger partial charge in [0.2, 0.25) is 0 Å². The number of hydrogen-bond donors (Lipinski definition) is 2. The van der Waals surface area contributed by atoms with Gasteiger partial charge in [0.15, 0.2) is 0 Å². The van der Waals surface area contributed by atoms with E-state index in [2.05, 4.69) is 21.2 Å². The Bertz CT molecular complexity index is 671. The molecule has 0 aliphatic carbocycles. The molecule has 0 bridgehead atoms. The predicted octanol–water partition coefficient (Wildman–Crippen LogP) is 3.85. The molecule has 0 saturated carbocycles. The SMILES string of the molecule is CCc1cc(Br)ccc1NC(=O)c1ccc(OC)c(N)c1. The van der Waals surface area contributed by atoms with Gasteiger partial charge in [-0.1, -0.05) is 22.9 Å². The molecule has 2 rings (SSSR count). The van der Waals surface area contributed by atoms with Crippen molar-refractivity contribution in [2.75, 3.05) is 18.2 Å². The molecule has 110 valence electrons. The van der Waals surface area contributed by atoms with Crippen molar-refractivity contribution in [3.8, 4) is 5.75 Å². The summed E-state index contributed by atoms with van der Waals surface area (Å²) in [4.78, 5) is 12.3. The third-order valence-corrected chi connectivity index (χ3v) is 3.68. The fraction of sp³-hybridized carbons (Fsp3) is 0.188. The van der Waals surface area contributed by atoms with Crippen LogP contribution in [-0.4, -0.2) is 13.0 Å². The van der Waals surface area contributed by atoms with E-state index in [9.17, 15) is 4.79 Å². The van der Waals surface area contributed by atoms with Crippen LogP contribution in [0, 0.1) is 0 Å². The highest BCUT2D eigenvalue weighted by molar-refractivity contribution is 9.10. The van der Waals surface area contributed by atoms with E-state index in [0.717, 1.165) is 22.1 Å². The number of amides is 1. The van der Waals surface area contributed by atoms with E-state index in [1.165, 1.54) is 0 Å². The zero-order valence-corrected chi connectivity index (χ0v) is 13.5. The Morgan fingerprint density at radius 3 is 2.67 bits per heavy atom. The maximum absolute atomic E-state index is 12.3. The number of anilines is 2. The molecule has 3 N–H and O–H groups in total. The minimum absolute atomic E-state index is 0.193. The minimum Gasteiger partial charge on any atom is -0.495 e. The van der Waals surface area contributed by atoms with Crippen molar-refractivity contribution in [3.05, 3.63) is 52.0 Å². The first-order valence-corrected chi connectivity index (χ1v) is 7.37. The van der Waals surface area contributed by atoms with Gasteiger partial charge in [-0.05, 0) is 48.4 Å². The number of aryl methyl sites for hydroxylation is 1. The van der Waals surface area contributed by atoms with Crippen LogP contribution in [0.2, 0.25) is 0 Å². The standard InChI is InChI=1S/C16H17BrN2O2/c1-3-10-8-12(17)5-6-14(10)19-16(20)11-4-7-15(21-2)13(18)9-11/h4-9H,3,18H2,1-2H3,(H,19,20). The highest BCUT2D eigenvalue weighted by Crippen LogP contribution is 2.24. The van der Waals surface area contributed by atoms with E-state index in [0.29, 0.717) is 17.0 Å². The molecular weight excluding hydrogens is 332 g/mol. The summed E-state index contributed by atoms with van der Waals surface area (Å²) in [6, 6.07) is 10.8. The molecule has 0 aromatic heterocycles. The van der Waals surface area contributed by atoms with Gasteiger partial charge in [0.25, 0.3) is 5.91 Å². The Hall–Kier alpha value is -2.01. The van der Waals surface area contributed by atoms with Crippen molar-refractivity contribution >= 4 is 33.2 Å². The molecule has 0 aliphatic heterocycles. The average molecular weight is 349 g/mol. The van der Waals surface area contributed by atoms with Crippen LogP contribution < -0.4 is 15.8 Å². The van der Waals surface area contributed by atoms with E-state index < -0.39 is 0 Å². The fourth-order valence-electron chi connectivity index (χ4n) is 2.05. The molecule has 0 radical (unpaired) electrons. The maximum Gasteiger partial charge on any atom is 0.255 e. The van der Waals surface area contributed by atoms with E-state index in [-0.39, 0.29) is 5.91 Å². The maximum atomic E-state index is 12.3. The number of nitrogen functional groups attached to an aromatic ring is 1. The number of carbonyl (C=O) groups is 1. The van der Waals surface area contributed by atoms with E-state index in [1.54, 1.807) is 25.3 Å². The van der Waals surface area contributed by atoms with Crippen LogP contribution in [0.5, 0.6) is 5.75 Å². The highest BCUT2D eigenvalue weighted by Gasteiger charge is 2.11. The first kappa shape index (κ1) is 15.4. The summed E-state index contributed by atoms with van der Waals surface area (Å²) in [6.45, 7) is 2.04. The summed E-state index contributed by atoms with van der Waals surface area (Å²) in [5.41, 5.74) is 8.64. The summed E-state index contributed by atoms with van der Waals surface area (Å²) >= 11 is 3.43. The zero-order valence-electron chi connectivity index (χ0n) is 11.9. The fourth-order valence-corrected chi connectivity index (χ4v) is 2.46. The molecule has 0 spiro atoms. The van der Waals surface area contributed by atoms with Gasteiger partial charge in [-0.3, -0.25) is 4.79 Å². The summed E-state index contributed by atoms with van der Waals surface area (Å²) < 4.78 is 6.08.